The van der Waals surface area contributed by atoms with E-state index in [4.69, 9.17) is 0 Å². The highest BCUT2D eigenvalue weighted by atomic mass is 15.3. The van der Waals surface area contributed by atoms with Crippen LogP contribution in [0.1, 0.15) is 50.5 Å². The normalized spacial score (nSPS) is 36.4. The second kappa shape index (κ2) is 4.34. The van der Waals surface area contributed by atoms with Gasteiger partial charge in [0.1, 0.15) is 0 Å². The summed E-state index contributed by atoms with van der Waals surface area (Å²) in [5, 5.41) is 0. The molecule has 0 amide bonds. The summed E-state index contributed by atoms with van der Waals surface area (Å²) in [6.07, 6.45) is 7.30. The Morgan fingerprint density at radius 2 is 1.84 bits per heavy atom. The lowest BCUT2D eigenvalue weighted by Gasteiger charge is -2.53. The fourth-order valence-corrected chi connectivity index (χ4v) is 4.95. The number of benzene rings is 1. The average Bonchev–Trinajstić information content (AvgIpc) is 3.25. The van der Waals surface area contributed by atoms with E-state index in [-0.39, 0.29) is 0 Å². The van der Waals surface area contributed by atoms with Gasteiger partial charge in [-0.05, 0) is 68.5 Å². The maximum atomic E-state index is 2.84. The van der Waals surface area contributed by atoms with Crippen molar-refractivity contribution in [1.82, 2.24) is 4.90 Å². The minimum Gasteiger partial charge on any atom is -0.297 e. The molecule has 0 radical (unpaired) electrons. The smallest absolute Gasteiger partial charge is 0.0242 e. The van der Waals surface area contributed by atoms with E-state index >= 15 is 0 Å². The quantitative estimate of drug-likeness (QED) is 0.787. The molecule has 0 unspecified atom stereocenters. The van der Waals surface area contributed by atoms with Crippen molar-refractivity contribution in [2.45, 2.75) is 50.5 Å². The van der Waals surface area contributed by atoms with E-state index in [0.29, 0.717) is 5.54 Å². The number of piperidine rings is 3. The van der Waals surface area contributed by atoms with Gasteiger partial charge in [0.2, 0.25) is 0 Å². The summed E-state index contributed by atoms with van der Waals surface area (Å²) in [6, 6.07) is 11.1. The number of fused-ring (bicyclic) bond motifs is 2. The van der Waals surface area contributed by atoms with E-state index in [1.54, 1.807) is 0 Å². The lowest BCUT2D eigenvalue weighted by atomic mass is 9.68. The number of hydrogen-bond donors (Lipinski definition) is 0. The Hall–Kier alpha value is -0.820. The van der Waals surface area contributed by atoms with E-state index in [9.17, 15) is 0 Å². The van der Waals surface area contributed by atoms with Crippen LogP contribution in [0.2, 0.25) is 0 Å². The zero-order valence-electron chi connectivity index (χ0n) is 12.0. The Balaban J connectivity index is 1.53. The van der Waals surface area contributed by atoms with Crippen molar-refractivity contribution in [3.8, 4) is 0 Å². The van der Waals surface area contributed by atoms with Crippen molar-refractivity contribution in [3.63, 3.8) is 0 Å². The third-order valence-corrected chi connectivity index (χ3v) is 6.17. The van der Waals surface area contributed by atoms with Gasteiger partial charge in [0.15, 0.2) is 0 Å². The summed E-state index contributed by atoms with van der Waals surface area (Å²) in [7, 11) is 0. The summed E-state index contributed by atoms with van der Waals surface area (Å²) in [6.45, 7) is 5.21. The first-order chi connectivity index (χ1) is 9.29. The van der Waals surface area contributed by atoms with Gasteiger partial charge in [-0.3, -0.25) is 4.90 Å². The Labute approximate surface area is 117 Å². The molecule has 5 rings (SSSR count). The zero-order chi connectivity index (χ0) is 12.9. The van der Waals surface area contributed by atoms with Gasteiger partial charge < -0.3 is 0 Å². The fourth-order valence-electron chi connectivity index (χ4n) is 4.95. The highest BCUT2D eigenvalue weighted by molar-refractivity contribution is 5.21. The lowest BCUT2D eigenvalue weighted by molar-refractivity contribution is -0.0325. The third-order valence-electron chi connectivity index (χ3n) is 6.17. The number of hydrogen-bond acceptors (Lipinski definition) is 1. The number of nitrogens with zero attached hydrogens (tertiary/aromatic N) is 1. The van der Waals surface area contributed by atoms with Crippen molar-refractivity contribution in [1.29, 1.82) is 0 Å². The maximum Gasteiger partial charge on any atom is 0.0242 e. The van der Waals surface area contributed by atoms with E-state index in [1.807, 2.05) is 0 Å². The average molecular weight is 255 g/mol. The SMILES string of the molecule is C[C@@H](C[C@@H]1C2CCN(CC2)C12CC2)c1ccccc1. The molecule has 3 heterocycles. The molecule has 1 spiro atoms. The van der Waals surface area contributed by atoms with Crippen LogP contribution in [0.15, 0.2) is 30.3 Å². The Morgan fingerprint density at radius 3 is 2.47 bits per heavy atom. The maximum absolute atomic E-state index is 2.84. The molecule has 1 aromatic rings. The Morgan fingerprint density at radius 1 is 1.16 bits per heavy atom. The molecule has 3 aliphatic heterocycles. The first kappa shape index (κ1) is 12.0. The molecule has 2 bridgehead atoms. The summed E-state index contributed by atoms with van der Waals surface area (Å²) >= 11 is 0. The van der Waals surface area contributed by atoms with Gasteiger partial charge in [-0.1, -0.05) is 37.3 Å². The van der Waals surface area contributed by atoms with Gasteiger partial charge in [-0.25, -0.2) is 0 Å². The van der Waals surface area contributed by atoms with Crippen LogP contribution in [0.4, 0.5) is 0 Å². The molecule has 1 aromatic carbocycles. The van der Waals surface area contributed by atoms with Crippen molar-refractivity contribution in [2.24, 2.45) is 11.8 Å². The molecule has 4 aliphatic rings. The molecule has 1 nitrogen and oxygen atoms in total. The first-order valence-electron chi connectivity index (χ1n) is 8.09. The minimum atomic E-state index is 0.657. The summed E-state index contributed by atoms with van der Waals surface area (Å²) in [5.41, 5.74) is 2.19. The van der Waals surface area contributed by atoms with Crippen LogP contribution >= 0.6 is 0 Å². The van der Waals surface area contributed by atoms with Gasteiger partial charge in [0, 0.05) is 5.54 Å². The minimum absolute atomic E-state index is 0.657. The molecule has 1 heteroatoms. The van der Waals surface area contributed by atoms with Gasteiger partial charge in [-0.2, -0.15) is 0 Å². The lowest BCUT2D eigenvalue weighted by Crippen LogP contribution is -2.56. The molecule has 1 saturated carbocycles. The van der Waals surface area contributed by atoms with E-state index in [2.05, 4.69) is 42.2 Å². The van der Waals surface area contributed by atoms with Crippen LogP contribution in [-0.2, 0) is 0 Å². The highest BCUT2D eigenvalue weighted by Gasteiger charge is 2.59. The molecule has 19 heavy (non-hydrogen) atoms. The second-order valence-electron chi connectivity index (χ2n) is 7.08. The van der Waals surface area contributed by atoms with Crippen LogP contribution in [-0.4, -0.2) is 23.5 Å². The molecule has 0 N–H and O–H groups in total. The molecular weight excluding hydrogens is 230 g/mol. The first-order valence-corrected chi connectivity index (χ1v) is 8.09. The van der Waals surface area contributed by atoms with Crippen molar-refractivity contribution in [2.75, 3.05) is 13.1 Å². The Kier molecular flexibility index (Phi) is 2.73. The topological polar surface area (TPSA) is 3.24 Å². The summed E-state index contributed by atoms with van der Waals surface area (Å²) in [4.78, 5) is 2.84. The molecule has 1 aliphatic carbocycles. The largest absolute Gasteiger partial charge is 0.297 e. The van der Waals surface area contributed by atoms with Crippen LogP contribution in [0.5, 0.6) is 0 Å². The monoisotopic (exact) mass is 255 g/mol. The van der Waals surface area contributed by atoms with Crippen molar-refractivity contribution >= 4 is 0 Å². The van der Waals surface area contributed by atoms with E-state index < -0.39 is 0 Å². The number of rotatable bonds is 3. The van der Waals surface area contributed by atoms with Gasteiger partial charge in [0.25, 0.3) is 0 Å². The molecule has 3 saturated heterocycles. The summed E-state index contributed by atoms with van der Waals surface area (Å²) < 4.78 is 0. The van der Waals surface area contributed by atoms with Crippen LogP contribution in [0, 0.1) is 11.8 Å². The predicted octanol–water partition coefficient (Wildman–Crippen LogP) is 4.05. The van der Waals surface area contributed by atoms with Crippen molar-refractivity contribution < 1.29 is 0 Å². The third kappa shape index (κ3) is 1.86. The van der Waals surface area contributed by atoms with Crippen LogP contribution < -0.4 is 0 Å². The van der Waals surface area contributed by atoms with E-state index in [0.717, 1.165) is 17.8 Å². The summed E-state index contributed by atoms with van der Waals surface area (Å²) in [5.74, 6) is 2.73. The van der Waals surface area contributed by atoms with Gasteiger partial charge >= 0.3 is 0 Å². The van der Waals surface area contributed by atoms with Crippen molar-refractivity contribution in [3.05, 3.63) is 35.9 Å². The zero-order valence-corrected chi connectivity index (χ0v) is 12.0. The van der Waals surface area contributed by atoms with E-state index in [1.165, 1.54) is 50.8 Å². The molecule has 102 valence electrons. The second-order valence-corrected chi connectivity index (χ2v) is 7.08. The van der Waals surface area contributed by atoms with Gasteiger partial charge in [-0.15, -0.1) is 0 Å². The molecule has 2 atom stereocenters. The molecular formula is C18H25N. The van der Waals surface area contributed by atoms with Gasteiger partial charge in [0.05, 0.1) is 0 Å². The van der Waals surface area contributed by atoms with Crippen LogP contribution in [0.3, 0.4) is 0 Å². The Bertz CT molecular complexity index is 440. The molecule has 0 aromatic heterocycles. The highest BCUT2D eigenvalue weighted by Crippen LogP contribution is 2.59. The standard InChI is InChI=1S/C18H25N/c1-14(15-5-3-2-4-6-15)13-17-16-7-11-19(12-8-16)18(17)9-10-18/h2-6,14,16-17H,7-13H2,1H3/t14-,17+/m0/s1. The fraction of sp³-hybridized carbons (Fsp3) is 0.667. The predicted molar refractivity (Wildman–Crippen MR) is 79.2 cm³/mol. The van der Waals surface area contributed by atoms with Crippen LogP contribution in [0.25, 0.3) is 0 Å². The molecule has 4 fully saturated rings.